The molecule has 0 saturated heterocycles. The van der Waals surface area contributed by atoms with Gasteiger partial charge in [0.15, 0.2) is 5.75 Å². The van der Waals surface area contributed by atoms with Crippen molar-refractivity contribution in [2.24, 2.45) is 0 Å². The maximum atomic E-state index is 12.7. The minimum absolute atomic E-state index is 0.0410. The highest BCUT2D eigenvalue weighted by Crippen LogP contribution is 2.50. The molecule has 0 fully saturated rings. The number of aromatic nitrogens is 1. The lowest BCUT2D eigenvalue weighted by Gasteiger charge is -2.27. The maximum Gasteiger partial charge on any atom is 0.253 e. The van der Waals surface area contributed by atoms with Crippen molar-refractivity contribution in [1.82, 2.24) is 9.88 Å². The molecule has 6 nitrogen and oxygen atoms in total. The largest absolute Gasteiger partial charge is 0.504 e. The lowest BCUT2D eigenvalue weighted by molar-refractivity contribution is 0.0828. The average Bonchev–Trinajstić information content (AvgIpc) is 3.01. The van der Waals surface area contributed by atoms with E-state index in [1.54, 1.807) is 19.0 Å². The van der Waals surface area contributed by atoms with Crippen LogP contribution in [0.2, 0.25) is 0 Å². The number of aryl methyl sites for hydroxylation is 1. The molecule has 42 heavy (non-hydrogen) atoms. The fourth-order valence-electron chi connectivity index (χ4n) is 4.94. The van der Waals surface area contributed by atoms with Crippen LogP contribution >= 0.6 is 11.8 Å². The summed E-state index contributed by atoms with van der Waals surface area (Å²) in [6.45, 7) is 4.59. The van der Waals surface area contributed by atoms with Crippen LogP contribution < -0.4 is 4.90 Å². The number of para-hydroxylation sites is 1. The molecule has 2 N–H and O–H groups in total. The summed E-state index contributed by atoms with van der Waals surface area (Å²) in [5, 5.41) is 22.9. The zero-order chi connectivity index (χ0) is 29.8. The predicted molar refractivity (Wildman–Crippen MR) is 171 cm³/mol. The Kier molecular flexibility index (Phi) is 8.50. The Morgan fingerprint density at radius 1 is 0.833 bits per heavy atom. The van der Waals surface area contributed by atoms with E-state index in [1.807, 2.05) is 122 Å². The quantitative estimate of drug-likeness (QED) is 0.194. The normalized spacial score (nSPS) is 10.9. The molecule has 0 bridgehead atoms. The van der Waals surface area contributed by atoms with E-state index in [9.17, 15) is 15.0 Å². The molecule has 212 valence electrons. The number of hydrogen-bond donors (Lipinski definition) is 2. The molecule has 5 aromatic rings. The van der Waals surface area contributed by atoms with E-state index >= 15 is 0 Å². The van der Waals surface area contributed by atoms with E-state index in [2.05, 4.69) is 4.98 Å². The van der Waals surface area contributed by atoms with Crippen molar-refractivity contribution in [3.8, 4) is 34.0 Å². The molecule has 1 amide bonds. The Morgan fingerprint density at radius 2 is 1.52 bits per heavy atom. The van der Waals surface area contributed by atoms with Crippen molar-refractivity contribution < 1.29 is 15.0 Å². The number of rotatable bonds is 8. The third-order valence-electron chi connectivity index (χ3n) is 6.98. The third-order valence-corrected chi connectivity index (χ3v) is 8.07. The van der Waals surface area contributed by atoms with Gasteiger partial charge in [-0.3, -0.25) is 4.79 Å². The molecule has 5 rings (SSSR count). The fraction of sp³-hybridized carbons (Fsp3) is 0.143. The van der Waals surface area contributed by atoms with E-state index in [-0.39, 0.29) is 22.4 Å². The zero-order valence-corrected chi connectivity index (χ0v) is 24.9. The number of hydrogen-bond acceptors (Lipinski definition) is 6. The van der Waals surface area contributed by atoms with Crippen molar-refractivity contribution >= 4 is 29.0 Å². The second-order valence-electron chi connectivity index (χ2n) is 10.1. The maximum absolute atomic E-state index is 12.7. The second-order valence-corrected chi connectivity index (χ2v) is 11.2. The fourth-order valence-corrected chi connectivity index (χ4v) is 5.78. The number of carbonyl (C=O) groups excluding carboxylic acids is 1. The van der Waals surface area contributed by atoms with Crippen LogP contribution in [0.1, 0.15) is 22.8 Å². The first-order chi connectivity index (χ1) is 20.3. The van der Waals surface area contributed by atoms with Gasteiger partial charge in [-0.2, -0.15) is 0 Å². The summed E-state index contributed by atoms with van der Waals surface area (Å²) in [6.07, 6.45) is 0. The van der Waals surface area contributed by atoms with E-state index in [1.165, 1.54) is 11.8 Å². The minimum atomic E-state index is -0.243. The molecule has 0 aliphatic carbocycles. The molecule has 1 heterocycles. The average molecular weight is 576 g/mol. The van der Waals surface area contributed by atoms with Gasteiger partial charge in [0.25, 0.3) is 5.91 Å². The molecule has 0 spiro atoms. The van der Waals surface area contributed by atoms with Gasteiger partial charge in [0.2, 0.25) is 5.88 Å². The molecule has 0 atom stereocenters. The lowest BCUT2D eigenvalue weighted by Crippen LogP contribution is -2.22. The molecule has 0 radical (unpaired) electrons. The van der Waals surface area contributed by atoms with Crippen LogP contribution in [0.4, 0.5) is 11.4 Å². The smallest absolute Gasteiger partial charge is 0.253 e. The number of anilines is 2. The van der Waals surface area contributed by atoms with Crippen molar-refractivity contribution in [3.63, 3.8) is 0 Å². The van der Waals surface area contributed by atoms with Crippen molar-refractivity contribution in [2.45, 2.75) is 23.6 Å². The van der Waals surface area contributed by atoms with Gasteiger partial charge >= 0.3 is 0 Å². The molecule has 1 aromatic heterocycles. The predicted octanol–water partition coefficient (Wildman–Crippen LogP) is 8.15. The Bertz CT molecular complexity index is 1720. The molecule has 0 aliphatic rings. The number of benzene rings is 4. The van der Waals surface area contributed by atoms with E-state index in [0.717, 1.165) is 32.8 Å². The van der Waals surface area contributed by atoms with E-state index < -0.39 is 0 Å². The van der Waals surface area contributed by atoms with Gasteiger partial charge in [-0.1, -0.05) is 84.1 Å². The van der Waals surface area contributed by atoms with Crippen LogP contribution in [0.5, 0.6) is 11.6 Å². The van der Waals surface area contributed by atoms with E-state index in [4.69, 9.17) is 0 Å². The van der Waals surface area contributed by atoms with Crippen LogP contribution in [0.3, 0.4) is 0 Å². The van der Waals surface area contributed by atoms with Gasteiger partial charge in [-0.25, -0.2) is 4.98 Å². The van der Waals surface area contributed by atoms with Crippen LogP contribution in [0.25, 0.3) is 22.4 Å². The number of nitrogens with zero attached hydrogens (tertiary/aromatic N) is 3. The van der Waals surface area contributed by atoms with Crippen LogP contribution in [0, 0.1) is 6.92 Å². The van der Waals surface area contributed by atoms with Crippen molar-refractivity contribution in [3.05, 3.63) is 114 Å². The summed E-state index contributed by atoms with van der Waals surface area (Å²) in [5.41, 5.74) is 6.15. The van der Waals surface area contributed by atoms with Gasteiger partial charge in [0.1, 0.15) is 16.3 Å². The number of pyridine rings is 1. The Balaban J connectivity index is 1.57. The van der Waals surface area contributed by atoms with Crippen LogP contribution in [-0.2, 0) is 0 Å². The summed E-state index contributed by atoms with van der Waals surface area (Å²) < 4.78 is 0. The van der Waals surface area contributed by atoms with Gasteiger partial charge in [0.05, 0.1) is 0 Å². The Morgan fingerprint density at radius 3 is 2.19 bits per heavy atom. The first-order valence-corrected chi connectivity index (χ1v) is 14.5. The molecular formula is C35H33N3O3S. The highest BCUT2D eigenvalue weighted by molar-refractivity contribution is 7.99. The first-order valence-electron chi connectivity index (χ1n) is 13.7. The monoisotopic (exact) mass is 575 g/mol. The highest BCUT2D eigenvalue weighted by atomic mass is 32.2. The number of aromatic hydroxyl groups is 2. The minimum Gasteiger partial charge on any atom is -0.504 e. The van der Waals surface area contributed by atoms with Gasteiger partial charge in [-0.15, -0.1) is 0 Å². The summed E-state index contributed by atoms with van der Waals surface area (Å²) >= 11 is 1.24. The Labute approximate surface area is 250 Å². The SMILES string of the molecule is CCN(c1ccccc1)c1c(-c2cccc(C)c2)nc(O)c(Sc2ccc(-c3ccccc3C(=O)N(C)C)cc2)c1O. The standard InChI is InChI=1S/C35H33N3O3S/c1-5-38(26-14-7-6-8-15-26)31-30(25-13-11-12-23(2)22-25)36-34(40)33(32(31)39)42-27-20-18-24(19-21-27)28-16-9-10-17-29(28)35(41)37(3)4/h6-22H,5H2,1-4H3,(H2,36,39,40). The number of amides is 1. The van der Waals surface area contributed by atoms with Crippen molar-refractivity contribution in [2.75, 3.05) is 25.5 Å². The number of carbonyl (C=O) groups is 1. The molecule has 4 aromatic carbocycles. The molecular weight excluding hydrogens is 542 g/mol. The van der Waals surface area contributed by atoms with Gasteiger partial charge < -0.3 is 20.0 Å². The van der Waals surface area contributed by atoms with Crippen molar-refractivity contribution in [1.29, 1.82) is 0 Å². The molecule has 0 saturated carbocycles. The van der Waals surface area contributed by atoms with E-state index in [0.29, 0.717) is 23.5 Å². The summed E-state index contributed by atoms with van der Waals surface area (Å²) in [5.74, 6) is -0.348. The highest BCUT2D eigenvalue weighted by Gasteiger charge is 2.26. The van der Waals surface area contributed by atoms with Crippen LogP contribution in [-0.4, -0.2) is 46.6 Å². The zero-order valence-electron chi connectivity index (χ0n) is 24.1. The summed E-state index contributed by atoms with van der Waals surface area (Å²) in [6, 6.07) is 32.9. The van der Waals surface area contributed by atoms with Gasteiger partial charge in [0, 0.05) is 42.3 Å². The lowest BCUT2D eigenvalue weighted by atomic mass is 9.99. The second kappa shape index (κ2) is 12.4. The summed E-state index contributed by atoms with van der Waals surface area (Å²) in [4.78, 5) is 22.0. The summed E-state index contributed by atoms with van der Waals surface area (Å²) in [7, 11) is 3.48. The molecule has 7 heteroatoms. The third kappa shape index (κ3) is 5.83. The molecule has 0 unspecified atom stereocenters. The Hall–Kier alpha value is -4.75. The van der Waals surface area contributed by atoms with Crippen LogP contribution in [0.15, 0.2) is 113 Å². The topological polar surface area (TPSA) is 76.9 Å². The van der Waals surface area contributed by atoms with Gasteiger partial charge in [-0.05, 0) is 61.4 Å². The molecule has 0 aliphatic heterocycles. The first kappa shape index (κ1) is 28.8.